The number of likely N-dealkylation sites (tertiary alicyclic amines) is 1. The van der Waals surface area contributed by atoms with Gasteiger partial charge in [0.2, 0.25) is 5.91 Å². The van der Waals surface area contributed by atoms with E-state index in [0.29, 0.717) is 53.0 Å². The Hall–Kier alpha value is -3.67. The van der Waals surface area contributed by atoms with Gasteiger partial charge in [-0.25, -0.2) is 19.0 Å². The van der Waals surface area contributed by atoms with Crippen molar-refractivity contribution in [2.75, 3.05) is 31.1 Å². The molecule has 5 fully saturated rings. The first-order valence-corrected chi connectivity index (χ1v) is 16.2. The number of aromatic nitrogens is 6. The highest BCUT2D eigenvalue weighted by molar-refractivity contribution is 5.81. The van der Waals surface area contributed by atoms with Crippen molar-refractivity contribution in [3.63, 3.8) is 0 Å². The van der Waals surface area contributed by atoms with E-state index in [9.17, 15) is 9.18 Å². The predicted octanol–water partition coefficient (Wildman–Crippen LogP) is 4.10. The minimum Gasteiger partial charge on any atom is -0.433 e. The molecular weight excluding hydrogens is 561 g/mol. The molecule has 11 nitrogen and oxygen atoms in total. The van der Waals surface area contributed by atoms with E-state index in [2.05, 4.69) is 54.2 Å². The molecule has 1 atom stereocenters. The second-order valence-electron chi connectivity index (χ2n) is 14.1. The normalized spacial score (nSPS) is 25.1. The van der Waals surface area contributed by atoms with Gasteiger partial charge in [0.1, 0.15) is 30.0 Å². The molecule has 1 amide bonds. The van der Waals surface area contributed by atoms with Crippen LogP contribution in [-0.2, 0) is 4.79 Å². The summed E-state index contributed by atoms with van der Waals surface area (Å²) in [6.45, 7) is 8.53. The standard InChI is InChI=1S/C32H40FN9O2/c1-19(2)27(22-11-24(12-22)38-30(43)21-5-6-21)41-15-32(16-41)9-10-40(14-32)29-31(39-36-17-34-29)44-26-8-7-23(33)13-25(26)42-28(20-3-4-20)35-18-37-42/h7-8,13,17-22,24,27H,3-6,9-12,14-16H2,1-2H3,(H,38,43)/t22?,24?,27-/m1/s1. The number of nitrogens with zero attached hydrogens (tertiary/aromatic N) is 8. The zero-order valence-electron chi connectivity index (χ0n) is 25.4. The topological polar surface area (TPSA) is 114 Å². The van der Waals surface area contributed by atoms with Gasteiger partial charge >= 0.3 is 0 Å². The van der Waals surface area contributed by atoms with Gasteiger partial charge in [-0.2, -0.15) is 5.10 Å². The predicted molar refractivity (Wildman–Crippen MR) is 160 cm³/mol. The van der Waals surface area contributed by atoms with Crippen LogP contribution in [0.4, 0.5) is 10.2 Å². The second-order valence-corrected chi connectivity index (χ2v) is 14.1. The van der Waals surface area contributed by atoms with Crippen LogP contribution in [-0.4, -0.2) is 79.0 Å². The maximum absolute atomic E-state index is 14.4. The Bertz CT molecular complexity index is 1540. The molecule has 3 saturated carbocycles. The third-order valence-corrected chi connectivity index (χ3v) is 10.3. The molecule has 0 bridgehead atoms. The summed E-state index contributed by atoms with van der Waals surface area (Å²) in [5.41, 5.74) is 0.693. The van der Waals surface area contributed by atoms with Gasteiger partial charge in [-0.15, -0.1) is 10.2 Å². The lowest BCUT2D eigenvalue weighted by atomic mass is 9.68. The van der Waals surface area contributed by atoms with Crippen LogP contribution in [0.15, 0.2) is 30.9 Å². The molecule has 3 aliphatic carbocycles. The summed E-state index contributed by atoms with van der Waals surface area (Å²) in [6.07, 6.45) is 10.4. The van der Waals surface area contributed by atoms with E-state index in [-0.39, 0.29) is 23.1 Å². The first-order valence-electron chi connectivity index (χ1n) is 16.2. The molecule has 44 heavy (non-hydrogen) atoms. The lowest BCUT2D eigenvalue weighted by Gasteiger charge is -2.57. The zero-order valence-corrected chi connectivity index (χ0v) is 25.4. The first-order chi connectivity index (χ1) is 21.4. The average molecular weight is 602 g/mol. The van der Waals surface area contributed by atoms with E-state index in [4.69, 9.17) is 4.74 Å². The van der Waals surface area contributed by atoms with Crippen molar-refractivity contribution in [1.29, 1.82) is 0 Å². The number of hydrogen-bond acceptors (Lipinski definition) is 9. The summed E-state index contributed by atoms with van der Waals surface area (Å²) in [4.78, 5) is 26.2. The molecule has 12 heteroatoms. The van der Waals surface area contributed by atoms with Crippen LogP contribution in [0.2, 0.25) is 0 Å². The summed E-state index contributed by atoms with van der Waals surface area (Å²) in [7, 11) is 0. The van der Waals surface area contributed by atoms with E-state index in [1.807, 2.05) is 0 Å². The van der Waals surface area contributed by atoms with E-state index in [0.717, 1.165) is 76.9 Å². The Labute approximate surface area is 256 Å². The number of anilines is 1. The maximum Gasteiger partial charge on any atom is 0.282 e. The van der Waals surface area contributed by atoms with Gasteiger partial charge in [0.15, 0.2) is 11.6 Å². The summed E-state index contributed by atoms with van der Waals surface area (Å²) in [6, 6.07) is 5.29. The SMILES string of the molecule is CC(C)[C@H](C1CC(NC(=O)C2CC2)C1)N1CC2(CCN(c3ncnnc3Oc3ccc(F)cc3-n3ncnc3C3CC3)C2)C1. The second kappa shape index (κ2) is 10.7. The largest absolute Gasteiger partial charge is 0.433 e. The van der Waals surface area contributed by atoms with E-state index < -0.39 is 0 Å². The Balaban J connectivity index is 0.940. The number of amides is 1. The molecule has 3 aromatic rings. The molecular formula is C32H40FN9O2. The van der Waals surface area contributed by atoms with E-state index in [1.54, 1.807) is 10.7 Å². The fourth-order valence-electron chi connectivity index (χ4n) is 7.83. The van der Waals surface area contributed by atoms with Crippen molar-refractivity contribution in [1.82, 2.24) is 40.2 Å². The molecule has 8 rings (SSSR count). The molecule has 4 heterocycles. The van der Waals surface area contributed by atoms with E-state index in [1.165, 1.54) is 24.8 Å². The van der Waals surface area contributed by atoms with Crippen molar-refractivity contribution in [2.45, 2.75) is 76.8 Å². The highest BCUT2D eigenvalue weighted by Crippen LogP contribution is 2.48. The molecule has 0 unspecified atom stereocenters. The maximum atomic E-state index is 14.4. The summed E-state index contributed by atoms with van der Waals surface area (Å²) < 4.78 is 22.4. The van der Waals surface area contributed by atoms with Crippen LogP contribution in [0.1, 0.15) is 70.5 Å². The smallest absolute Gasteiger partial charge is 0.282 e. The minimum absolute atomic E-state index is 0.208. The highest BCUT2D eigenvalue weighted by Gasteiger charge is 2.53. The number of carbonyl (C=O) groups excluding carboxylic acids is 1. The minimum atomic E-state index is -0.377. The fourth-order valence-corrected chi connectivity index (χ4v) is 7.83. The Morgan fingerprint density at radius 2 is 1.91 bits per heavy atom. The summed E-state index contributed by atoms with van der Waals surface area (Å²) in [5.74, 6) is 3.90. The van der Waals surface area contributed by atoms with Crippen molar-refractivity contribution in [2.24, 2.45) is 23.2 Å². The van der Waals surface area contributed by atoms with Crippen molar-refractivity contribution < 1.29 is 13.9 Å². The van der Waals surface area contributed by atoms with Gasteiger partial charge in [0.05, 0.1) is 0 Å². The molecule has 2 saturated heterocycles. The molecule has 0 radical (unpaired) electrons. The number of benzene rings is 1. The Kier molecular flexibility index (Phi) is 6.80. The van der Waals surface area contributed by atoms with E-state index >= 15 is 0 Å². The molecule has 232 valence electrons. The molecule has 1 spiro atoms. The zero-order chi connectivity index (χ0) is 30.0. The van der Waals surface area contributed by atoms with Gasteiger partial charge in [0, 0.05) is 61.6 Å². The van der Waals surface area contributed by atoms with Crippen molar-refractivity contribution in [3.05, 3.63) is 42.5 Å². The van der Waals surface area contributed by atoms with Crippen LogP contribution in [0.3, 0.4) is 0 Å². The fraction of sp³-hybridized carbons (Fsp3) is 0.625. The van der Waals surface area contributed by atoms with Gasteiger partial charge in [0.25, 0.3) is 5.88 Å². The van der Waals surface area contributed by atoms with Gasteiger partial charge in [-0.3, -0.25) is 9.69 Å². The summed E-state index contributed by atoms with van der Waals surface area (Å²) >= 11 is 0. The lowest BCUT2D eigenvalue weighted by Crippen LogP contribution is -2.65. The van der Waals surface area contributed by atoms with Crippen molar-refractivity contribution >= 4 is 11.7 Å². The van der Waals surface area contributed by atoms with Gasteiger partial charge in [-0.1, -0.05) is 13.8 Å². The number of hydrogen-bond donors (Lipinski definition) is 1. The molecule has 1 aromatic carbocycles. The van der Waals surface area contributed by atoms with Gasteiger partial charge in [-0.05, 0) is 68.9 Å². The Morgan fingerprint density at radius 3 is 2.66 bits per heavy atom. The molecule has 1 N–H and O–H groups in total. The quantitative estimate of drug-likeness (QED) is 0.367. The average Bonchev–Trinajstić information content (AvgIpc) is 3.91. The molecule has 2 aromatic heterocycles. The highest BCUT2D eigenvalue weighted by atomic mass is 19.1. The summed E-state index contributed by atoms with van der Waals surface area (Å²) in [5, 5.41) is 16.0. The van der Waals surface area contributed by atoms with Crippen LogP contribution < -0.4 is 15.0 Å². The number of carbonyl (C=O) groups is 1. The van der Waals surface area contributed by atoms with Crippen LogP contribution in [0.5, 0.6) is 11.6 Å². The number of rotatable bonds is 10. The molecule has 2 aliphatic heterocycles. The third-order valence-electron chi connectivity index (χ3n) is 10.3. The Morgan fingerprint density at radius 1 is 1.09 bits per heavy atom. The number of halogens is 1. The van der Waals surface area contributed by atoms with Crippen LogP contribution in [0, 0.1) is 29.0 Å². The van der Waals surface area contributed by atoms with Crippen molar-refractivity contribution in [3.8, 4) is 17.3 Å². The van der Waals surface area contributed by atoms with Crippen LogP contribution in [0.25, 0.3) is 5.69 Å². The monoisotopic (exact) mass is 601 g/mol. The number of ether oxygens (including phenoxy) is 1. The third kappa shape index (κ3) is 5.20. The first kappa shape index (κ1) is 27.8. The lowest BCUT2D eigenvalue weighted by molar-refractivity contribution is -0.124. The molecule has 5 aliphatic rings. The number of nitrogens with one attached hydrogen (secondary N) is 1. The van der Waals surface area contributed by atoms with Crippen LogP contribution >= 0.6 is 0 Å². The van der Waals surface area contributed by atoms with Gasteiger partial charge < -0.3 is 15.0 Å².